The normalized spacial score (nSPS) is 26.9. The molecule has 2 aliphatic heterocycles. The summed E-state index contributed by atoms with van der Waals surface area (Å²) in [5, 5.41) is 3.38. The summed E-state index contributed by atoms with van der Waals surface area (Å²) in [6.45, 7) is 6.33. The molecule has 0 bridgehead atoms. The van der Waals surface area contributed by atoms with Crippen molar-refractivity contribution in [2.45, 2.75) is 44.6 Å². The van der Waals surface area contributed by atoms with Gasteiger partial charge < -0.3 is 20.5 Å². The van der Waals surface area contributed by atoms with Crippen LogP contribution in [0.25, 0.3) is 0 Å². The van der Waals surface area contributed by atoms with Crippen LogP contribution in [0.1, 0.15) is 44.6 Å². The quantitative estimate of drug-likeness (QED) is 0.826. The van der Waals surface area contributed by atoms with Crippen molar-refractivity contribution >= 4 is 5.91 Å². The first kappa shape index (κ1) is 18.6. The topological polar surface area (TPSA) is 76.8 Å². The fraction of sp³-hybridized carbons (Fsp3) is 0.667. The van der Waals surface area contributed by atoms with Gasteiger partial charge in [0.05, 0.1) is 12.1 Å². The lowest BCUT2D eigenvalue weighted by Crippen LogP contribution is -2.48. The first-order valence-corrected chi connectivity index (χ1v) is 10.2. The van der Waals surface area contributed by atoms with Gasteiger partial charge in [-0.05, 0) is 55.5 Å². The third-order valence-corrected chi connectivity index (χ3v) is 6.43. The highest BCUT2D eigenvalue weighted by atomic mass is 16.6. The molecule has 0 aromatic heterocycles. The van der Waals surface area contributed by atoms with Gasteiger partial charge in [0.25, 0.3) is 0 Å². The Balaban J connectivity index is 1.47. The van der Waals surface area contributed by atoms with E-state index in [4.69, 9.17) is 15.2 Å². The number of nitrogens with one attached hydrogen (secondary N) is 1. The van der Waals surface area contributed by atoms with Crippen molar-refractivity contribution in [2.24, 2.45) is 11.1 Å². The van der Waals surface area contributed by atoms with Gasteiger partial charge in [-0.25, -0.2) is 0 Å². The minimum Gasteiger partial charge on any atom is -0.486 e. The standard InChI is InChI=1S/C21H31N3O3/c1-20(14-22)8-9-24(15-20)13-19(25)23-21(6-2-3-7-21)16-4-5-17-18(12-16)27-11-10-26-17/h4-5,12H,2-3,6-11,13-15,22H2,1H3,(H,23,25). The summed E-state index contributed by atoms with van der Waals surface area (Å²) in [7, 11) is 0. The van der Waals surface area contributed by atoms with E-state index in [0.717, 1.165) is 62.3 Å². The molecule has 1 aliphatic carbocycles. The van der Waals surface area contributed by atoms with Crippen LogP contribution in [0.5, 0.6) is 11.5 Å². The second kappa shape index (κ2) is 7.32. The zero-order chi connectivity index (χ0) is 18.9. The lowest BCUT2D eigenvalue weighted by atomic mass is 9.87. The second-order valence-electron chi connectivity index (χ2n) is 8.67. The molecule has 3 aliphatic rings. The average Bonchev–Trinajstić information content (AvgIpc) is 3.29. The molecule has 6 nitrogen and oxygen atoms in total. The first-order chi connectivity index (χ1) is 13.0. The van der Waals surface area contributed by atoms with Crippen LogP contribution in [0.15, 0.2) is 18.2 Å². The van der Waals surface area contributed by atoms with Crippen molar-refractivity contribution in [2.75, 3.05) is 39.4 Å². The van der Waals surface area contributed by atoms with Gasteiger partial charge in [-0.2, -0.15) is 0 Å². The highest BCUT2D eigenvalue weighted by Gasteiger charge is 2.39. The van der Waals surface area contributed by atoms with E-state index >= 15 is 0 Å². The number of benzene rings is 1. The van der Waals surface area contributed by atoms with Crippen LogP contribution in [-0.2, 0) is 10.3 Å². The molecule has 27 heavy (non-hydrogen) atoms. The fourth-order valence-electron chi connectivity index (χ4n) is 4.74. The van der Waals surface area contributed by atoms with E-state index in [2.05, 4.69) is 29.3 Å². The van der Waals surface area contributed by atoms with Crippen molar-refractivity contribution < 1.29 is 14.3 Å². The Morgan fingerprint density at radius 3 is 2.63 bits per heavy atom. The predicted molar refractivity (Wildman–Crippen MR) is 104 cm³/mol. The van der Waals surface area contributed by atoms with Gasteiger partial charge in [-0.15, -0.1) is 0 Å². The molecule has 4 rings (SSSR count). The van der Waals surface area contributed by atoms with Gasteiger partial charge in [-0.1, -0.05) is 25.8 Å². The minimum absolute atomic E-state index is 0.105. The Bertz CT molecular complexity index is 702. The van der Waals surface area contributed by atoms with Gasteiger partial charge in [0.1, 0.15) is 13.2 Å². The van der Waals surface area contributed by atoms with Crippen LogP contribution in [0.2, 0.25) is 0 Å². The summed E-state index contributed by atoms with van der Waals surface area (Å²) in [5.41, 5.74) is 6.88. The van der Waals surface area contributed by atoms with E-state index in [1.54, 1.807) is 0 Å². The maximum absolute atomic E-state index is 12.9. The highest BCUT2D eigenvalue weighted by Crippen LogP contribution is 2.42. The van der Waals surface area contributed by atoms with E-state index in [9.17, 15) is 4.79 Å². The molecule has 2 heterocycles. The molecule has 1 saturated heterocycles. The third-order valence-electron chi connectivity index (χ3n) is 6.43. The van der Waals surface area contributed by atoms with Crippen LogP contribution in [0.4, 0.5) is 0 Å². The molecule has 1 saturated carbocycles. The van der Waals surface area contributed by atoms with Crippen molar-refractivity contribution in [3.63, 3.8) is 0 Å². The van der Waals surface area contributed by atoms with Gasteiger partial charge in [0.15, 0.2) is 11.5 Å². The molecule has 0 radical (unpaired) electrons. The molecule has 1 atom stereocenters. The van der Waals surface area contributed by atoms with E-state index in [1.807, 2.05) is 6.07 Å². The van der Waals surface area contributed by atoms with Crippen molar-refractivity contribution in [1.82, 2.24) is 10.2 Å². The van der Waals surface area contributed by atoms with Crippen LogP contribution in [0.3, 0.4) is 0 Å². The van der Waals surface area contributed by atoms with Gasteiger partial charge in [-0.3, -0.25) is 9.69 Å². The Kier molecular flexibility index (Phi) is 5.03. The van der Waals surface area contributed by atoms with E-state index < -0.39 is 0 Å². The number of hydrogen-bond acceptors (Lipinski definition) is 5. The molecule has 1 amide bonds. The molecule has 1 aromatic carbocycles. The van der Waals surface area contributed by atoms with Gasteiger partial charge >= 0.3 is 0 Å². The monoisotopic (exact) mass is 373 g/mol. The summed E-state index contributed by atoms with van der Waals surface area (Å²) in [6.07, 6.45) is 5.26. The zero-order valence-corrected chi connectivity index (χ0v) is 16.3. The van der Waals surface area contributed by atoms with Crippen LogP contribution in [0, 0.1) is 5.41 Å². The minimum atomic E-state index is -0.288. The molecule has 0 spiro atoms. The molecule has 3 N–H and O–H groups in total. The highest BCUT2D eigenvalue weighted by molar-refractivity contribution is 5.79. The van der Waals surface area contributed by atoms with Crippen molar-refractivity contribution in [3.05, 3.63) is 23.8 Å². The number of carbonyl (C=O) groups excluding carboxylic acids is 1. The molecule has 1 unspecified atom stereocenters. The predicted octanol–water partition coefficient (Wildman–Crippen LogP) is 2.01. The number of nitrogens with zero attached hydrogens (tertiary/aromatic N) is 1. The summed E-state index contributed by atoms with van der Waals surface area (Å²) in [5.74, 6) is 1.69. The Labute approximate surface area is 161 Å². The number of amides is 1. The molecule has 1 aromatic rings. The smallest absolute Gasteiger partial charge is 0.234 e. The second-order valence-corrected chi connectivity index (χ2v) is 8.67. The number of nitrogens with two attached hydrogens (primary N) is 1. The number of rotatable bonds is 5. The maximum atomic E-state index is 12.9. The molecule has 2 fully saturated rings. The van der Waals surface area contributed by atoms with E-state index in [0.29, 0.717) is 26.3 Å². The number of fused-ring (bicyclic) bond motifs is 1. The molecular weight excluding hydrogens is 342 g/mol. The van der Waals surface area contributed by atoms with E-state index in [-0.39, 0.29) is 16.9 Å². The average molecular weight is 373 g/mol. The SMILES string of the molecule is CC1(CN)CCN(CC(=O)NC2(c3ccc4c(c3)OCCO4)CCCC2)C1. The summed E-state index contributed by atoms with van der Waals surface area (Å²) in [4.78, 5) is 15.1. The first-order valence-electron chi connectivity index (χ1n) is 10.2. The molecular formula is C21H31N3O3. The zero-order valence-electron chi connectivity index (χ0n) is 16.3. The molecule has 148 valence electrons. The van der Waals surface area contributed by atoms with E-state index in [1.165, 1.54) is 0 Å². The Morgan fingerprint density at radius 2 is 1.93 bits per heavy atom. The lowest BCUT2D eigenvalue weighted by Gasteiger charge is -2.33. The lowest BCUT2D eigenvalue weighted by molar-refractivity contribution is -0.124. The fourth-order valence-corrected chi connectivity index (χ4v) is 4.74. The Hall–Kier alpha value is -1.79. The van der Waals surface area contributed by atoms with Crippen LogP contribution < -0.4 is 20.5 Å². The summed E-state index contributed by atoms with van der Waals surface area (Å²) >= 11 is 0. The largest absolute Gasteiger partial charge is 0.486 e. The van der Waals surface area contributed by atoms with Gasteiger partial charge in [0.2, 0.25) is 5.91 Å². The number of likely N-dealkylation sites (tertiary alicyclic amines) is 1. The number of carbonyl (C=O) groups is 1. The van der Waals surface area contributed by atoms with Crippen LogP contribution in [-0.4, -0.2) is 50.2 Å². The molecule has 6 heteroatoms. The maximum Gasteiger partial charge on any atom is 0.234 e. The van der Waals surface area contributed by atoms with Gasteiger partial charge in [0, 0.05) is 6.54 Å². The van der Waals surface area contributed by atoms with Crippen LogP contribution >= 0.6 is 0 Å². The third kappa shape index (κ3) is 3.78. The summed E-state index contributed by atoms with van der Waals surface area (Å²) < 4.78 is 11.4. The number of ether oxygens (including phenoxy) is 2. The number of hydrogen-bond donors (Lipinski definition) is 2. The van der Waals surface area contributed by atoms with Crippen molar-refractivity contribution in [1.29, 1.82) is 0 Å². The Morgan fingerprint density at radius 1 is 1.19 bits per heavy atom. The van der Waals surface area contributed by atoms with Crippen molar-refractivity contribution in [3.8, 4) is 11.5 Å². The summed E-state index contributed by atoms with van der Waals surface area (Å²) in [6, 6.07) is 6.12.